The van der Waals surface area contributed by atoms with Gasteiger partial charge in [-0.2, -0.15) is 0 Å². The molecule has 0 aliphatic heterocycles. The van der Waals surface area contributed by atoms with Crippen LogP contribution >= 0.6 is 23.2 Å². The predicted molar refractivity (Wildman–Crippen MR) is 76.4 cm³/mol. The maximum absolute atomic E-state index is 11.8. The number of methoxy groups -OCH3 is 1. The van der Waals surface area contributed by atoms with Crippen LogP contribution in [0.15, 0.2) is 12.4 Å². The Labute approximate surface area is 127 Å². The van der Waals surface area contributed by atoms with E-state index in [1.54, 1.807) is 13.1 Å². The lowest BCUT2D eigenvalue weighted by atomic mass is 10.1. The van der Waals surface area contributed by atoms with E-state index < -0.39 is 11.9 Å². The molecule has 1 aromatic rings. The minimum atomic E-state index is -0.464. The molecule has 0 aliphatic carbocycles. The number of nitrogens with zero attached hydrogens (tertiary/aromatic N) is 1. The van der Waals surface area contributed by atoms with E-state index in [0.29, 0.717) is 5.02 Å². The number of carbonyl (C=O) groups is 2. The predicted octanol–water partition coefficient (Wildman–Crippen LogP) is 2.29. The first-order valence-corrected chi connectivity index (χ1v) is 6.92. The number of esters is 1. The summed E-state index contributed by atoms with van der Waals surface area (Å²) < 4.78 is 4.52. The van der Waals surface area contributed by atoms with Crippen LogP contribution in [0.4, 0.5) is 0 Å². The van der Waals surface area contributed by atoms with Crippen molar-refractivity contribution in [2.24, 2.45) is 5.92 Å². The van der Waals surface area contributed by atoms with Crippen LogP contribution in [0.2, 0.25) is 5.02 Å². The number of nitrogens with one attached hydrogen (secondary N) is 1. The monoisotopic (exact) mass is 318 g/mol. The summed E-state index contributed by atoms with van der Waals surface area (Å²) in [6, 6.07) is 0. The van der Waals surface area contributed by atoms with Crippen LogP contribution in [-0.4, -0.2) is 24.0 Å². The number of hydrogen-bond acceptors (Lipinski definition) is 4. The van der Waals surface area contributed by atoms with Crippen molar-refractivity contribution in [2.45, 2.75) is 25.8 Å². The van der Waals surface area contributed by atoms with Crippen LogP contribution in [-0.2, 0) is 26.8 Å². The third kappa shape index (κ3) is 4.65. The summed E-state index contributed by atoms with van der Waals surface area (Å²) in [7, 11) is 1.29. The van der Waals surface area contributed by atoms with E-state index in [-0.39, 0.29) is 24.8 Å². The first-order valence-electron chi connectivity index (χ1n) is 6.01. The van der Waals surface area contributed by atoms with E-state index >= 15 is 0 Å². The van der Waals surface area contributed by atoms with Gasteiger partial charge < -0.3 is 10.1 Å². The number of halogens is 2. The fraction of sp³-hybridized carbons (Fsp3) is 0.462. The number of pyridine rings is 1. The molecule has 110 valence electrons. The second-order valence-corrected chi connectivity index (χ2v) is 4.97. The van der Waals surface area contributed by atoms with Crippen LogP contribution < -0.4 is 5.32 Å². The topological polar surface area (TPSA) is 68.3 Å². The van der Waals surface area contributed by atoms with Crippen molar-refractivity contribution >= 4 is 35.1 Å². The third-order valence-corrected chi connectivity index (χ3v) is 3.42. The Kier molecular flexibility index (Phi) is 6.75. The lowest BCUT2D eigenvalue weighted by molar-refractivity contribution is -0.143. The minimum Gasteiger partial charge on any atom is -0.469 e. The highest BCUT2D eigenvalue weighted by Crippen LogP contribution is 2.20. The third-order valence-electron chi connectivity index (χ3n) is 2.83. The van der Waals surface area contributed by atoms with Gasteiger partial charge in [0, 0.05) is 30.7 Å². The lowest BCUT2D eigenvalue weighted by Crippen LogP contribution is -2.30. The molecule has 1 N–H and O–H groups in total. The summed E-state index contributed by atoms with van der Waals surface area (Å²) >= 11 is 11.8. The molecule has 1 atom stereocenters. The fourth-order valence-corrected chi connectivity index (χ4v) is 2.22. The first kappa shape index (κ1) is 16.7. The summed E-state index contributed by atoms with van der Waals surface area (Å²) in [5.41, 5.74) is 1.50. The van der Waals surface area contributed by atoms with Gasteiger partial charge in [0.05, 0.1) is 18.6 Å². The summed E-state index contributed by atoms with van der Waals surface area (Å²) in [6.45, 7) is 1.92. The maximum atomic E-state index is 11.8. The number of rotatable bonds is 6. The molecule has 0 fully saturated rings. The Morgan fingerprint density at radius 2 is 2.15 bits per heavy atom. The van der Waals surface area contributed by atoms with Crippen molar-refractivity contribution in [2.75, 3.05) is 7.11 Å². The van der Waals surface area contributed by atoms with Crippen molar-refractivity contribution in [1.82, 2.24) is 10.3 Å². The highest BCUT2D eigenvalue weighted by atomic mass is 35.5. The highest BCUT2D eigenvalue weighted by Gasteiger charge is 2.17. The van der Waals surface area contributed by atoms with Crippen molar-refractivity contribution in [1.29, 1.82) is 0 Å². The number of ether oxygens (including phenoxy) is 1. The van der Waals surface area contributed by atoms with Crippen LogP contribution in [0.1, 0.15) is 24.5 Å². The minimum absolute atomic E-state index is 0.0402. The molecule has 0 saturated heterocycles. The second kappa shape index (κ2) is 8.07. The molecule has 1 amide bonds. The molecule has 0 aliphatic rings. The SMILES string of the molecule is COC(=O)CC(C)C(=O)NCc1cncc(Cl)c1CCl. The number of alkyl halides is 1. The van der Waals surface area contributed by atoms with Crippen molar-refractivity contribution in [3.8, 4) is 0 Å². The van der Waals surface area contributed by atoms with E-state index in [0.717, 1.165) is 11.1 Å². The van der Waals surface area contributed by atoms with Crippen molar-refractivity contribution in [3.63, 3.8) is 0 Å². The Bertz CT molecular complexity index is 495. The maximum Gasteiger partial charge on any atom is 0.306 e. The summed E-state index contributed by atoms with van der Waals surface area (Å²) in [5, 5.41) is 3.19. The number of aromatic nitrogens is 1. The van der Waals surface area contributed by atoms with Crippen LogP contribution in [0.25, 0.3) is 0 Å². The average Bonchev–Trinajstić information content (AvgIpc) is 2.44. The number of carbonyl (C=O) groups excluding carboxylic acids is 2. The molecule has 0 aromatic carbocycles. The molecule has 1 rings (SSSR count). The van der Waals surface area contributed by atoms with Gasteiger partial charge in [0.25, 0.3) is 0 Å². The molecule has 0 saturated carbocycles. The summed E-state index contributed by atoms with van der Waals surface area (Å²) in [6.07, 6.45) is 3.15. The van der Waals surface area contributed by atoms with Gasteiger partial charge in [0.15, 0.2) is 0 Å². The van der Waals surface area contributed by atoms with Crippen LogP contribution in [0.3, 0.4) is 0 Å². The van der Waals surface area contributed by atoms with E-state index in [1.807, 2.05) is 0 Å². The fourth-order valence-electron chi connectivity index (χ4n) is 1.59. The smallest absolute Gasteiger partial charge is 0.306 e. The van der Waals surface area contributed by atoms with E-state index in [9.17, 15) is 9.59 Å². The molecule has 0 radical (unpaired) electrons. The average molecular weight is 319 g/mol. The van der Waals surface area contributed by atoms with Crippen LogP contribution in [0, 0.1) is 5.92 Å². The Morgan fingerprint density at radius 3 is 2.75 bits per heavy atom. The molecule has 20 heavy (non-hydrogen) atoms. The molecule has 0 spiro atoms. The van der Waals surface area contributed by atoms with Gasteiger partial charge in [0.2, 0.25) is 5.91 Å². The van der Waals surface area contributed by atoms with Gasteiger partial charge >= 0.3 is 5.97 Å². The van der Waals surface area contributed by atoms with Gasteiger partial charge in [-0.1, -0.05) is 18.5 Å². The van der Waals surface area contributed by atoms with Crippen molar-refractivity contribution < 1.29 is 14.3 Å². The van der Waals surface area contributed by atoms with Gasteiger partial charge in [-0.05, 0) is 11.1 Å². The molecule has 1 heterocycles. The normalized spacial score (nSPS) is 11.8. The molecular weight excluding hydrogens is 303 g/mol. The van der Waals surface area contributed by atoms with Crippen LogP contribution in [0.5, 0.6) is 0 Å². The Hall–Kier alpha value is -1.33. The zero-order chi connectivity index (χ0) is 15.1. The molecular formula is C13H16Cl2N2O3. The Balaban J connectivity index is 2.61. The largest absolute Gasteiger partial charge is 0.469 e. The van der Waals surface area contributed by atoms with E-state index in [2.05, 4.69) is 15.0 Å². The van der Waals surface area contributed by atoms with Gasteiger partial charge in [-0.25, -0.2) is 0 Å². The van der Waals surface area contributed by atoms with Gasteiger partial charge in [0.1, 0.15) is 0 Å². The highest BCUT2D eigenvalue weighted by molar-refractivity contribution is 6.32. The van der Waals surface area contributed by atoms with Gasteiger partial charge in [-0.3, -0.25) is 14.6 Å². The summed E-state index contributed by atoms with van der Waals surface area (Å²) in [4.78, 5) is 26.9. The van der Waals surface area contributed by atoms with E-state index in [1.165, 1.54) is 13.3 Å². The van der Waals surface area contributed by atoms with E-state index in [4.69, 9.17) is 23.2 Å². The number of hydrogen-bond donors (Lipinski definition) is 1. The first-order chi connectivity index (χ1) is 9.49. The number of amides is 1. The molecule has 0 bridgehead atoms. The molecule has 1 aromatic heterocycles. The zero-order valence-corrected chi connectivity index (χ0v) is 12.8. The summed E-state index contributed by atoms with van der Waals surface area (Å²) in [5.74, 6) is -0.881. The molecule has 7 heteroatoms. The Morgan fingerprint density at radius 1 is 1.45 bits per heavy atom. The van der Waals surface area contributed by atoms with Crippen molar-refractivity contribution in [3.05, 3.63) is 28.5 Å². The standard InChI is InChI=1S/C13H16Cl2N2O3/c1-8(3-12(18)20-2)13(19)17-6-9-5-16-7-11(15)10(9)4-14/h5,7-8H,3-4,6H2,1-2H3,(H,17,19). The zero-order valence-electron chi connectivity index (χ0n) is 11.3. The lowest BCUT2D eigenvalue weighted by Gasteiger charge is -2.13. The molecule has 5 nitrogen and oxygen atoms in total. The second-order valence-electron chi connectivity index (χ2n) is 4.29. The quantitative estimate of drug-likeness (QED) is 0.645. The molecule has 1 unspecified atom stereocenters. The van der Waals surface area contributed by atoms with Gasteiger partial charge in [-0.15, -0.1) is 11.6 Å².